The molecule has 1 heterocycles. The van der Waals surface area contributed by atoms with E-state index < -0.39 is 0 Å². The van der Waals surface area contributed by atoms with Crippen LogP contribution in [0.5, 0.6) is 0 Å². The van der Waals surface area contributed by atoms with Gasteiger partial charge in [0.2, 0.25) is 0 Å². The molecule has 1 aliphatic rings. The number of hydroxylamine groups is 1. The number of benzene rings is 1. The second-order valence-corrected chi connectivity index (χ2v) is 7.12. The van der Waals surface area contributed by atoms with Gasteiger partial charge in [-0.3, -0.25) is 0 Å². The number of carbonyl (C=O) groups excluding carboxylic acids is 1. The third-order valence-corrected chi connectivity index (χ3v) is 4.97. The lowest BCUT2D eigenvalue weighted by molar-refractivity contribution is 0.0226. The molecule has 0 spiro atoms. The molecule has 1 fully saturated rings. The maximum atomic E-state index is 12.4. The van der Waals surface area contributed by atoms with E-state index in [-0.39, 0.29) is 5.97 Å². The van der Waals surface area contributed by atoms with Crippen molar-refractivity contribution in [1.29, 1.82) is 0 Å². The van der Waals surface area contributed by atoms with Crippen molar-refractivity contribution in [2.45, 2.75) is 40.0 Å². The van der Waals surface area contributed by atoms with Crippen LogP contribution >= 0.6 is 0 Å². The van der Waals surface area contributed by atoms with E-state index in [2.05, 4.69) is 34.8 Å². The maximum Gasteiger partial charge on any atom is 0.357 e. The number of allylic oxidation sites excluding steroid dienone is 4. The van der Waals surface area contributed by atoms with E-state index in [0.29, 0.717) is 18.0 Å². The lowest BCUT2D eigenvalue weighted by Crippen LogP contribution is -2.27. The van der Waals surface area contributed by atoms with Crippen LogP contribution in [0.4, 0.5) is 5.69 Å². The van der Waals surface area contributed by atoms with Crippen LogP contribution in [0.1, 0.15) is 49.5 Å². The van der Waals surface area contributed by atoms with Crippen molar-refractivity contribution in [3.63, 3.8) is 0 Å². The lowest BCUT2D eigenvalue weighted by atomic mass is 10.0. The van der Waals surface area contributed by atoms with Crippen molar-refractivity contribution < 1.29 is 9.63 Å². The first-order chi connectivity index (χ1) is 13.5. The van der Waals surface area contributed by atoms with Gasteiger partial charge < -0.3 is 15.5 Å². The fourth-order valence-electron chi connectivity index (χ4n) is 3.11. The van der Waals surface area contributed by atoms with Gasteiger partial charge in [0.1, 0.15) is 0 Å². The molecule has 3 N–H and O–H groups in total. The molecule has 1 aromatic carbocycles. The molecule has 0 saturated carbocycles. The predicted octanol–water partition coefficient (Wildman–Crippen LogP) is 4.36. The Bertz CT molecular complexity index is 731. The molecule has 1 unspecified atom stereocenters. The highest BCUT2D eigenvalue weighted by Crippen LogP contribution is 2.20. The summed E-state index contributed by atoms with van der Waals surface area (Å²) in [5, 5.41) is 6.63. The molecule has 0 aliphatic carbocycles. The van der Waals surface area contributed by atoms with Crippen molar-refractivity contribution in [3.8, 4) is 0 Å². The Hall–Kier alpha value is -2.37. The zero-order valence-electron chi connectivity index (χ0n) is 17.3. The molecule has 0 bridgehead atoms. The van der Waals surface area contributed by atoms with Gasteiger partial charge in [-0.05, 0) is 81.5 Å². The van der Waals surface area contributed by atoms with Crippen LogP contribution in [0.2, 0.25) is 0 Å². The van der Waals surface area contributed by atoms with Gasteiger partial charge in [-0.25, -0.2) is 4.79 Å². The Morgan fingerprint density at radius 1 is 1.43 bits per heavy atom. The Morgan fingerprint density at radius 2 is 2.25 bits per heavy atom. The monoisotopic (exact) mass is 383 g/mol. The van der Waals surface area contributed by atoms with Gasteiger partial charge in [0.25, 0.3) is 0 Å². The van der Waals surface area contributed by atoms with E-state index in [1.165, 1.54) is 0 Å². The molecule has 1 aliphatic heterocycles. The van der Waals surface area contributed by atoms with Crippen LogP contribution in [-0.2, 0) is 11.3 Å². The Labute approximate surface area is 168 Å². The van der Waals surface area contributed by atoms with Gasteiger partial charge in [0.15, 0.2) is 0 Å². The van der Waals surface area contributed by atoms with E-state index >= 15 is 0 Å². The summed E-state index contributed by atoms with van der Waals surface area (Å²) in [4.78, 5) is 17.7. The van der Waals surface area contributed by atoms with Crippen molar-refractivity contribution >= 4 is 11.7 Å². The van der Waals surface area contributed by atoms with Crippen LogP contribution in [0.3, 0.4) is 0 Å². The van der Waals surface area contributed by atoms with Gasteiger partial charge in [0, 0.05) is 17.9 Å². The summed E-state index contributed by atoms with van der Waals surface area (Å²) in [6.45, 7) is 12.9. The standard InChI is InChI=1S/C23H33N3O2/c1-5-7-8-9-17(3)18(4)26-21-10-11-22(20(6-2)14-21)23(27)28-25-16-19-12-13-24-15-19/h5,7,9-11,14,19,24-26H,4,6,8,12-13,15-16H2,1-3H3/b7-5-,17-9+. The van der Waals surface area contributed by atoms with Crippen LogP contribution in [0.15, 0.2) is 54.3 Å². The minimum Gasteiger partial charge on any atom is -0.367 e. The van der Waals surface area contributed by atoms with Crippen molar-refractivity contribution in [2.75, 3.05) is 25.0 Å². The van der Waals surface area contributed by atoms with E-state index in [9.17, 15) is 4.79 Å². The molecular formula is C23H33N3O2. The maximum absolute atomic E-state index is 12.4. The molecule has 2 rings (SSSR count). The average molecular weight is 384 g/mol. The normalized spacial score (nSPS) is 17.1. The third-order valence-electron chi connectivity index (χ3n) is 4.97. The zero-order chi connectivity index (χ0) is 20.4. The Morgan fingerprint density at radius 3 is 2.93 bits per heavy atom. The lowest BCUT2D eigenvalue weighted by Gasteiger charge is -2.14. The number of aryl methyl sites for hydroxylation is 1. The second-order valence-electron chi connectivity index (χ2n) is 7.12. The topological polar surface area (TPSA) is 62.4 Å². The largest absolute Gasteiger partial charge is 0.367 e. The summed E-state index contributed by atoms with van der Waals surface area (Å²) in [7, 11) is 0. The molecule has 1 atom stereocenters. The minimum atomic E-state index is -0.337. The fraction of sp³-hybridized carbons (Fsp3) is 0.435. The van der Waals surface area contributed by atoms with Gasteiger partial charge in [-0.1, -0.05) is 31.7 Å². The van der Waals surface area contributed by atoms with Gasteiger partial charge in [-0.15, -0.1) is 0 Å². The quantitative estimate of drug-likeness (QED) is 0.318. The molecule has 1 aromatic rings. The number of rotatable bonds is 10. The molecule has 5 heteroatoms. The van der Waals surface area contributed by atoms with E-state index in [4.69, 9.17) is 4.84 Å². The van der Waals surface area contributed by atoms with Crippen molar-refractivity contribution in [3.05, 3.63) is 65.4 Å². The number of hydrogen-bond donors (Lipinski definition) is 3. The Balaban J connectivity index is 1.95. The second kappa shape index (κ2) is 11.5. The number of carbonyl (C=O) groups is 1. The number of anilines is 1. The molecule has 152 valence electrons. The van der Waals surface area contributed by atoms with E-state index in [1.807, 2.05) is 45.0 Å². The molecule has 0 amide bonds. The average Bonchev–Trinajstić information content (AvgIpc) is 3.21. The number of nitrogens with one attached hydrogen (secondary N) is 3. The highest BCUT2D eigenvalue weighted by molar-refractivity contribution is 5.91. The predicted molar refractivity (Wildman–Crippen MR) is 116 cm³/mol. The Kier molecular flexibility index (Phi) is 8.98. The van der Waals surface area contributed by atoms with Gasteiger partial charge in [0.05, 0.1) is 5.56 Å². The van der Waals surface area contributed by atoms with E-state index in [0.717, 1.165) is 54.9 Å². The molecule has 5 nitrogen and oxygen atoms in total. The van der Waals surface area contributed by atoms with Gasteiger partial charge >= 0.3 is 5.97 Å². The summed E-state index contributed by atoms with van der Waals surface area (Å²) < 4.78 is 0. The first kappa shape index (κ1) is 21.9. The van der Waals surface area contributed by atoms with Crippen LogP contribution in [0.25, 0.3) is 0 Å². The fourth-order valence-corrected chi connectivity index (χ4v) is 3.11. The first-order valence-electron chi connectivity index (χ1n) is 10.1. The minimum absolute atomic E-state index is 0.337. The van der Waals surface area contributed by atoms with Gasteiger partial charge in [-0.2, -0.15) is 5.48 Å². The first-order valence-corrected chi connectivity index (χ1v) is 10.1. The zero-order valence-corrected chi connectivity index (χ0v) is 17.3. The van der Waals surface area contributed by atoms with Crippen molar-refractivity contribution in [1.82, 2.24) is 10.8 Å². The van der Waals surface area contributed by atoms with Crippen LogP contribution < -0.4 is 16.1 Å². The third kappa shape index (κ3) is 6.66. The summed E-state index contributed by atoms with van der Waals surface area (Å²) in [5.41, 5.74) is 7.25. The highest BCUT2D eigenvalue weighted by atomic mass is 16.7. The summed E-state index contributed by atoms with van der Waals surface area (Å²) in [6.07, 6.45) is 9.01. The highest BCUT2D eigenvalue weighted by Gasteiger charge is 2.17. The molecule has 0 aromatic heterocycles. The van der Waals surface area contributed by atoms with E-state index in [1.54, 1.807) is 0 Å². The summed E-state index contributed by atoms with van der Waals surface area (Å²) in [6, 6.07) is 5.69. The summed E-state index contributed by atoms with van der Waals surface area (Å²) >= 11 is 0. The molecule has 0 radical (unpaired) electrons. The van der Waals surface area contributed by atoms with Crippen molar-refractivity contribution in [2.24, 2.45) is 5.92 Å². The molecular weight excluding hydrogens is 350 g/mol. The molecule has 1 saturated heterocycles. The smallest absolute Gasteiger partial charge is 0.357 e. The number of hydrogen-bond acceptors (Lipinski definition) is 5. The van der Waals surface area contributed by atoms with Crippen LogP contribution in [0, 0.1) is 5.92 Å². The summed E-state index contributed by atoms with van der Waals surface area (Å²) in [5.74, 6) is 0.177. The SMILES string of the molecule is C=C(Nc1ccc(C(=O)ONCC2CCNC2)c(CC)c1)/C(C)=C/C/C=C\C. The van der Waals surface area contributed by atoms with Crippen LogP contribution in [-0.4, -0.2) is 25.6 Å². The molecule has 28 heavy (non-hydrogen) atoms.